The van der Waals surface area contributed by atoms with E-state index >= 15 is 0 Å². The molecule has 0 bridgehead atoms. The van der Waals surface area contributed by atoms with E-state index in [9.17, 15) is 8.42 Å². The second-order valence-corrected chi connectivity index (χ2v) is 7.53. The average Bonchev–Trinajstić information content (AvgIpc) is 2.48. The maximum absolute atomic E-state index is 12.4. The lowest BCUT2D eigenvalue weighted by Gasteiger charge is -2.19. The van der Waals surface area contributed by atoms with E-state index in [1.165, 1.54) is 5.57 Å². The van der Waals surface area contributed by atoms with Crippen molar-refractivity contribution in [3.05, 3.63) is 65.8 Å². The van der Waals surface area contributed by atoms with Crippen LogP contribution in [0.1, 0.15) is 25.3 Å². The van der Waals surface area contributed by atoms with Crippen LogP contribution in [-0.2, 0) is 10.0 Å². The number of nitrogens with one attached hydrogen (secondary N) is 1. The van der Waals surface area contributed by atoms with Gasteiger partial charge in [0.05, 0.1) is 4.90 Å². The maximum Gasteiger partial charge on any atom is 0.240 e. The molecule has 0 saturated carbocycles. The predicted molar refractivity (Wildman–Crippen MR) is 91.1 cm³/mol. The van der Waals surface area contributed by atoms with Crippen LogP contribution in [0.3, 0.4) is 0 Å². The van der Waals surface area contributed by atoms with Gasteiger partial charge < -0.3 is 0 Å². The molecule has 0 fully saturated rings. The highest BCUT2D eigenvalue weighted by molar-refractivity contribution is 7.89. The first kappa shape index (κ1) is 16.7. The first-order valence-corrected chi connectivity index (χ1v) is 8.98. The normalized spacial score (nSPS) is 18.5. The van der Waals surface area contributed by atoms with Crippen molar-refractivity contribution in [1.29, 1.82) is 0 Å². The molecule has 0 aromatic heterocycles. The van der Waals surface area contributed by atoms with Gasteiger partial charge in [-0.1, -0.05) is 42.8 Å². The second-order valence-electron chi connectivity index (χ2n) is 5.76. The molecule has 0 heterocycles. The molecule has 1 aliphatic carbocycles. The molecule has 1 aromatic carbocycles. The number of benzene rings is 1. The van der Waals surface area contributed by atoms with Crippen LogP contribution in [0.2, 0.25) is 0 Å². The number of sulfonamides is 1. The molecule has 1 atom stereocenters. The molecule has 1 N–H and O–H groups in total. The molecule has 0 amide bonds. The van der Waals surface area contributed by atoms with Crippen molar-refractivity contribution in [2.45, 2.75) is 31.6 Å². The molecule has 118 valence electrons. The first-order valence-electron chi connectivity index (χ1n) is 7.49. The van der Waals surface area contributed by atoms with Gasteiger partial charge in [-0.05, 0) is 49.0 Å². The number of rotatable bonds is 6. The number of aryl methyl sites for hydroxylation is 1. The largest absolute Gasteiger partial charge is 0.240 e. The Kier molecular flexibility index (Phi) is 5.37. The van der Waals surface area contributed by atoms with Crippen LogP contribution in [0.5, 0.6) is 0 Å². The van der Waals surface area contributed by atoms with Gasteiger partial charge in [-0.2, -0.15) is 0 Å². The summed E-state index contributed by atoms with van der Waals surface area (Å²) in [5, 5.41) is 0. The molecule has 0 spiro atoms. The third-order valence-corrected chi connectivity index (χ3v) is 5.20. The Hall–Kier alpha value is -1.65. The van der Waals surface area contributed by atoms with Gasteiger partial charge in [-0.3, -0.25) is 0 Å². The van der Waals surface area contributed by atoms with Gasteiger partial charge in [-0.15, -0.1) is 6.58 Å². The Bertz CT molecular complexity index is 697. The van der Waals surface area contributed by atoms with E-state index in [0.29, 0.717) is 17.4 Å². The number of hydrogen-bond donors (Lipinski definition) is 1. The highest BCUT2D eigenvalue weighted by Gasteiger charge is 2.17. The Morgan fingerprint density at radius 1 is 1.27 bits per heavy atom. The zero-order valence-electron chi connectivity index (χ0n) is 13.2. The lowest BCUT2D eigenvalue weighted by atomic mass is 9.90. The topological polar surface area (TPSA) is 46.2 Å². The SMILES string of the molecule is C=CCC1=CCC(C)C=C1CNS(=O)(=O)c1ccc(C)cc1. The fourth-order valence-corrected chi connectivity index (χ4v) is 3.50. The fraction of sp³-hybridized carbons (Fsp3) is 0.333. The zero-order valence-corrected chi connectivity index (χ0v) is 14.0. The predicted octanol–water partition coefficient (Wildman–Crippen LogP) is 3.74. The van der Waals surface area contributed by atoms with Crippen molar-refractivity contribution in [1.82, 2.24) is 4.72 Å². The second kappa shape index (κ2) is 7.07. The van der Waals surface area contributed by atoms with Crippen molar-refractivity contribution >= 4 is 10.0 Å². The van der Waals surface area contributed by atoms with Crippen LogP contribution >= 0.6 is 0 Å². The third kappa shape index (κ3) is 4.18. The monoisotopic (exact) mass is 317 g/mol. The summed E-state index contributed by atoms with van der Waals surface area (Å²) in [6.45, 7) is 8.16. The highest BCUT2D eigenvalue weighted by Crippen LogP contribution is 2.25. The number of allylic oxidation sites excluding steroid dienone is 3. The van der Waals surface area contributed by atoms with E-state index in [-0.39, 0.29) is 0 Å². The molecule has 0 aliphatic heterocycles. The average molecular weight is 317 g/mol. The summed E-state index contributed by atoms with van der Waals surface area (Å²) < 4.78 is 27.4. The molecule has 1 aromatic rings. The van der Waals surface area contributed by atoms with Gasteiger partial charge in [0.2, 0.25) is 10.0 Å². The summed E-state index contributed by atoms with van der Waals surface area (Å²) in [5.41, 5.74) is 3.26. The van der Waals surface area contributed by atoms with Crippen molar-refractivity contribution in [2.24, 2.45) is 5.92 Å². The zero-order chi connectivity index (χ0) is 16.2. The molecular formula is C18H23NO2S. The summed E-state index contributed by atoms with van der Waals surface area (Å²) in [6, 6.07) is 6.88. The molecule has 1 aliphatic rings. The van der Waals surface area contributed by atoms with Crippen molar-refractivity contribution in [3.8, 4) is 0 Å². The summed E-state index contributed by atoms with van der Waals surface area (Å²) >= 11 is 0. The lowest BCUT2D eigenvalue weighted by Crippen LogP contribution is -2.27. The molecule has 0 radical (unpaired) electrons. The maximum atomic E-state index is 12.4. The number of hydrogen-bond acceptors (Lipinski definition) is 2. The van der Waals surface area contributed by atoms with E-state index < -0.39 is 10.0 Å². The van der Waals surface area contributed by atoms with Crippen LogP contribution in [0.4, 0.5) is 0 Å². The molecule has 0 saturated heterocycles. The summed E-state index contributed by atoms with van der Waals surface area (Å²) in [6.07, 6.45) is 7.95. The fourth-order valence-electron chi connectivity index (χ4n) is 2.49. The van der Waals surface area contributed by atoms with E-state index in [4.69, 9.17) is 0 Å². The third-order valence-electron chi connectivity index (χ3n) is 3.78. The van der Waals surface area contributed by atoms with Crippen molar-refractivity contribution < 1.29 is 8.42 Å². The minimum absolute atomic E-state index is 0.303. The smallest absolute Gasteiger partial charge is 0.207 e. The Morgan fingerprint density at radius 3 is 2.59 bits per heavy atom. The summed E-state index contributed by atoms with van der Waals surface area (Å²) in [5.74, 6) is 0.437. The highest BCUT2D eigenvalue weighted by atomic mass is 32.2. The van der Waals surface area contributed by atoms with Gasteiger partial charge in [0.25, 0.3) is 0 Å². The Balaban J connectivity index is 2.12. The van der Waals surface area contributed by atoms with Gasteiger partial charge in [-0.25, -0.2) is 13.1 Å². The minimum Gasteiger partial charge on any atom is -0.207 e. The Morgan fingerprint density at radius 2 is 1.95 bits per heavy atom. The van der Waals surface area contributed by atoms with E-state index in [2.05, 4.69) is 30.4 Å². The molecule has 1 unspecified atom stereocenters. The summed E-state index contributed by atoms with van der Waals surface area (Å²) in [7, 11) is -3.48. The lowest BCUT2D eigenvalue weighted by molar-refractivity contribution is 0.584. The standard InChI is InChI=1S/C18H23NO2S/c1-4-5-16-9-6-15(3)12-17(16)13-19-22(20,21)18-10-7-14(2)8-11-18/h4,7-12,15,19H,1,5-6,13H2,2-3H3. The first-order chi connectivity index (χ1) is 10.4. The minimum atomic E-state index is -3.48. The Labute approximate surface area is 133 Å². The van der Waals surface area contributed by atoms with Crippen LogP contribution in [0, 0.1) is 12.8 Å². The van der Waals surface area contributed by atoms with Crippen LogP contribution in [0.25, 0.3) is 0 Å². The quantitative estimate of drug-likeness (QED) is 0.812. The van der Waals surface area contributed by atoms with Gasteiger partial charge in [0, 0.05) is 6.54 Å². The van der Waals surface area contributed by atoms with Gasteiger partial charge >= 0.3 is 0 Å². The molecule has 22 heavy (non-hydrogen) atoms. The summed E-state index contributed by atoms with van der Waals surface area (Å²) in [4.78, 5) is 0.303. The van der Waals surface area contributed by atoms with Gasteiger partial charge in [0.1, 0.15) is 0 Å². The molecule has 2 rings (SSSR count). The van der Waals surface area contributed by atoms with Crippen LogP contribution in [-0.4, -0.2) is 15.0 Å². The van der Waals surface area contributed by atoms with Crippen LogP contribution in [0.15, 0.2) is 65.1 Å². The molecule has 3 nitrogen and oxygen atoms in total. The van der Waals surface area contributed by atoms with Crippen molar-refractivity contribution in [2.75, 3.05) is 6.54 Å². The van der Waals surface area contributed by atoms with E-state index in [1.807, 2.05) is 13.0 Å². The van der Waals surface area contributed by atoms with Crippen molar-refractivity contribution in [3.63, 3.8) is 0 Å². The van der Waals surface area contributed by atoms with Crippen LogP contribution < -0.4 is 4.72 Å². The van der Waals surface area contributed by atoms with E-state index in [1.54, 1.807) is 24.3 Å². The molecular weight excluding hydrogens is 294 g/mol. The van der Waals surface area contributed by atoms with Gasteiger partial charge in [0.15, 0.2) is 0 Å². The van der Waals surface area contributed by atoms with E-state index in [0.717, 1.165) is 24.0 Å². The molecule has 4 heteroatoms.